The highest BCUT2D eigenvalue weighted by molar-refractivity contribution is 8.03. The highest BCUT2D eigenvalue weighted by Crippen LogP contribution is 2.55. The molecule has 0 amide bonds. The molecule has 0 saturated carbocycles. The van der Waals surface area contributed by atoms with Gasteiger partial charge in [-0.1, -0.05) is 158 Å². The van der Waals surface area contributed by atoms with Crippen LogP contribution in [0.25, 0.3) is 58.8 Å². The van der Waals surface area contributed by atoms with Gasteiger partial charge in [-0.25, -0.2) is 0 Å². The van der Waals surface area contributed by atoms with Crippen molar-refractivity contribution >= 4 is 87.6 Å². The number of thioether (sulfide) groups is 1. The van der Waals surface area contributed by atoms with Gasteiger partial charge in [0.15, 0.2) is 0 Å². The van der Waals surface area contributed by atoms with E-state index in [1.165, 1.54) is 96.7 Å². The fourth-order valence-corrected chi connectivity index (χ4v) is 12.5. The lowest BCUT2D eigenvalue weighted by Gasteiger charge is -2.37. The fourth-order valence-electron chi connectivity index (χ4n) is 9.84. The molecule has 2 nitrogen and oxygen atoms in total. The molecule has 12 rings (SSSR count). The number of anilines is 2. The number of rotatable bonds is 6. The van der Waals surface area contributed by atoms with Crippen molar-refractivity contribution < 1.29 is 0 Å². The molecule has 3 unspecified atom stereocenters. The Balaban J connectivity index is 1.03. The molecule has 59 heavy (non-hydrogen) atoms. The summed E-state index contributed by atoms with van der Waals surface area (Å²) in [7, 11) is 0. The minimum atomic E-state index is 0.107. The molecule has 0 spiro atoms. The van der Waals surface area contributed by atoms with Crippen molar-refractivity contribution in [3.05, 3.63) is 216 Å². The summed E-state index contributed by atoms with van der Waals surface area (Å²) < 4.78 is 5.16. The van der Waals surface area contributed by atoms with Gasteiger partial charge in [-0.15, -0.1) is 11.3 Å². The van der Waals surface area contributed by atoms with E-state index in [1.54, 1.807) is 0 Å². The van der Waals surface area contributed by atoms with Crippen molar-refractivity contribution in [2.75, 3.05) is 4.90 Å². The van der Waals surface area contributed by atoms with Crippen molar-refractivity contribution in [2.45, 2.75) is 30.2 Å². The van der Waals surface area contributed by atoms with Gasteiger partial charge < -0.3 is 9.47 Å². The maximum atomic E-state index is 2.57. The Morgan fingerprint density at radius 2 is 1.37 bits per heavy atom. The molecule has 0 bridgehead atoms. The first-order chi connectivity index (χ1) is 29.2. The first-order valence-corrected chi connectivity index (χ1v) is 22.3. The average Bonchev–Trinajstić information content (AvgIpc) is 3.97. The number of fused-ring (bicyclic) bond motifs is 10. The van der Waals surface area contributed by atoms with Crippen molar-refractivity contribution in [2.24, 2.45) is 5.92 Å². The van der Waals surface area contributed by atoms with E-state index >= 15 is 0 Å². The minimum Gasteiger partial charge on any atom is -0.334 e. The Bertz CT molecular complexity index is 3230. The second kappa shape index (κ2) is 13.9. The van der Waals surface area contributed by atoms with E-state index in [1.807, 2.05) is 23.1 Å². The number of aromatic nitrogens is 1. The normalized spacial score (nSPS) is 18.5. The van der Waals surface area contributed by atoms with E-state index in [9.17, 15) is 0 Å². The molecule has 0 N–H and O–H groups in total. The molecule has 3 aliphatic rings. The summed E-state index contributed by atoms with van der Waals surface area (Å²) >= 11 is 3.87. The van der Waals surface area contributed by atoms with Crippen molar-refractivity contribution in [1.82, 2.24) is 4.57 Å². The van der Waals surface area contributed by atoms with Crippen molar-refractivity contribution in [1.29, 1.82) is 0 Å². The molecule has 0 radical (unpaired) electrons. The number of thiophene rings is 1. The third kappa shape index (κ3) is 5.62. The van der Waals surface area contributed by atoms with E-state index in [4.69, 9.17) is 0 Å². The lowest BCUT2D eigenvalue weighted by Crippen LogP contribution is -2.35. The van der Waals surface area contributed by atoms with Gasteiger partial charge in [-0.3, -0.25) is 0 Å². The highest BCUT2D eigenvalue weighted by atomic mass is 32.2. The van der Waals surface area contributed by atoms with Crippen LogP contribution in [0.3, 0.4) is 0 Å². The van der Waals surface area contributed by atoms with Crippen LogP contribution in [-0.2, 0) is 0 Å². The maximum Gasteiger partial charge on any atom is 0.0585 e. The number of nitrogens with zero attached hydrogens (tertiary/aromatic N) is 2. The van der Waals surface area contributed by atoms with E-state index in [0.717, 1.165) is 6.42 Å². The summed E-state index contributed by atoms with van der Waals surface area (Å²) in [6.45, 7) is 2.37. The van der Waals surface area contributed by atoms with Crippen LogP contribution in [0.1, 0.15) is 36.0 Å². The second-order valence-electron chi connectivity index (χ2n) is 16.0. The minimum absolute atomic E-state index is 0.107. The quantitative estimate of drug-likeness (QED) is 0.166. The Hall–Kier alpha value is -6.33. The lowest BCUT2D eigenvalue weighted by molar-refractivity contribution is 0.611. The molecule has 1 aliphatic heterocycles. The van der Waals surface area contributed by atoms with Crippen LogP contribution >= 0.6 is 23.1 Å². The van der Waals surface area contributed by atoms with Gasteiger partial charge in [0, 0.05) is 63.7 Å². The molecule has 3 atom stereocenters. The van der Waals surface area contributed by atoms with Gasteiger partial charge in [0.25, 0.3) is 0 Å². The standard InChI is InChI=1S/C55H40N2S2/c1-35-33-38(36-13-4-2-5-14-36)25-31-48(35)56(40-26-23-37(24-27-40)42-19-12-20-45-43-17-8-10-21-51(43)58-54(42)45)41-28-29-47-50(34-41)57(39-15-6-3-7-16-39)49-32-30-46-44-18-9-11-22-52(44)59-55(46)53(47)49/h2-19,21-35,45,48H,20H2,1H3. The largest absolute Gasteiger partial charge is 0.334 e. The van der Waals surface area contributed by atoms with Crippen LogP contribution in [0.5, 0.6) is 0 Å². The molecule has 9 aromatic rings. The second-order valence-corrected chi connectivity index (χ2v) is 18.2. The molecule has 2 aromatic heterocycles. The van der Waals surface area contributed by atoms with Gasteiger partial charge >= 0.3 is 0 Å². The average molecular weight is 793 g/mol. The number of para-hydroxylation sites is 1. The Morgan fingerprint density at radius 3 is 2.22 bits per heavy atom. The van der Waals surface area contributed by atoms with Gasteiger partial charge in [-0.05, 0) is 94.8 Å². The molecule has 7 aromatic carbocycles. The first kappa shape index (κ1) is 34.7. The van der Waals surface area contributed by atoms with Crippen LogP contribution in [0.15, 0.2) is 204 Å². The van der Waals surface area contributed by atoms with Gasteiger partial charge in [0.1, 0.15) is 0 Å². The zero-order chi connectivity index (χ0) is 39.0. The molecule has 282 valence electrons. The fraction of sp³-hybridized carbons (Fsp3) is 0.0909. The zero-order valence-electron chi connectivity index (χ0n) is 32.6. The number of allylic oxidation sites excluding steroid dienone is 6. The van der Waals surface area contributed by atoms with Crippen molar-refractivity contribution in [3.63, 3.8) is 0 Å². The summed E-state index contributed by atoms with van der Waals surface area (Å²) in [4.78, 5) is 5.45. The molecule has 0 saturated heterocycles. The Labute approximate surface area is 352 Å². The SMILES string of the molecule is CC1C=C(c2ccccc2)C=CC1N(c1ccc(C2=C3Sc4ccccc4C3CC=C2)cc1)c1ccc2c3c4sc5ccccc5c4ccc3n(-c3ccccc3)c2c1. The molecule has 3 heterocycles. The zero-order valence-corrected chi connectivity index (χ0v) is 34.3. The number of hydrogen-bond acceptors (Lipinski definition) is 3. The number of benzene rings is 7. The summed E-state index contributed by atoms with van der Waals surface area (Å²) in [5.41, 5.74) is 12.6. The monoisotopic (exact) mass is 792 g/mol. The van der Waals surface area contributed by atoms with Crippen LogP contribution in [0.4, 0.5) is 11.4 Å². The smallest absolute Gasteiger partial charge is 0.0585 e. The van der Waals surface area contributed by atoms with Gasteiger partial charge in [0.2, 0.25) is 0 Å². The van der Waals surface area contributed by atoms with Crippen LogP contribution in [0, 0.1) is 5.92 Å². The predicted octanol–water partition coefficient (Wildman–Crippen LogP) is 15.5. The lowest BCUT2D eigenvalue weighted by atomic mass is 9.87. The summed E-state index contributed by atoms with van der Waals surface area (Å²) in [6.07, 6.45) is 13.0. The molecular weight excluding hydrogens is 753 g/mol. The highest BCUT2D eigenvalue weighted by Gasteiger charge is 2.32. The Kier molecular flexibility index (Phi) is 8.18. The predicted molar refractivity (Wildman–Crippen MR) is 254 cm³/mol. The van der Waals surface area contributed by atoms with Crippen LogP contribution in [0.2, 0.25) is 0 Å². The molecule has 0 fully saturated rings. The van der Waals surface area contributed by atoms with E-state index < -0.39 is 0 Å². The summed E-state index contributed by atoms with van der Waals surface area (Å²) in [5.74, 6) is 0.701. The molecule has 4 heteroatoms. The van der Waals surface area contributed by atoms with E-state index in [0.29, 0.717) is 5.92 Å². The third-order valence-electron chi connectivity index (χ3n) is 12.6. The van der Waals surface area contributed by atoms with Crippen LogP contribution in [-0.4, -0.2) is 10.6 Å². The van der Waals surface area contributed by atoms with E-state index in [-0.39, 0.29) is 12.0 Å². The summed E-state index contributed by atoms with van der Waals surface area (Å²) in [6, 6.07) is 60.8. The molecular formula is C55H40N2S2. The van der Waals surface area contributed by atoms with Gasteiger partial charge in [-0.2, -0.15) is 0 Å². The maximum absolute atomic E-state index is 2.57. The van der Waals surface area contributed by atoms with Gasteiger partial charge in [0.05, 0.1) is 17.1 Å². The van der Waals surface area contributed by atoms with E-state index in [2.05, 4.69) is 211 Å². The summed E-state index contributed by atoms with van der Waals surface area (Å²) in [5, 5.41) is 5.26. The number of hydrogen-bond donors (Lipinski definition) is 0. The van der Waals surface area contributed by atoms with Crippen LogP contribution < -0.4 is 4.90 Å². The van der Waals surface area contributed by atoms with Crippen molar-refractivity contribution in [3.8, 4) is 5.69 Å². The first-order valence-electron chi connectivity index (χ1n) is 20.6. The Morgan fingerprint density at radius 1 is 0.627 bits per heavy atom. The topological polar surface area (TPSA) is 8.17 Å². The molecule has 2 aliphatic carbocycles. The third-order valence-corrected chi connectivity index (χ3v) is 15.1.